The standard InChI is InChI=1S/C19H12O3/c20-15-11-12-16(21)18(17(15)13-7-3-1-4-8-13)19(22)14-9-5-2-6-10-14/h1-12H. The minimum atomic E-state index is -0.438. The molecule has 106 valence electrons. The molecule has 3 heteroatoms. The van der Waals surface area contributed by atoms with Gasteiger partial charge in [-0.15, -0.1) is 0 Å². The quantitative estimate of drug-likeness (QED) is 0.495. The average molecular weight is 288 g/mol. The Morgan fingerprint density at radius 3 is 1.86 bits per heavy atom. The van der Waals surface area contributed by atoms with E-state index in [4.69, 9.17) is 0 Å². The lowest BCUT2D eigenvalue weighted by atomic mass is 9.85. The molecule has 0 fully saturated rings. The summed E-state index contributed by atoms with van der Waals surface area (Å²) in [5, 5.41) is 0. The number of benzene rings is 2. The molecule has 0 saturated carbocycles. The SMILES string of the molecule is O=C1C=CC(=O)C(c2ccccc2)=C1C(=O)c1ccccc1. The fourth-order valence-corrected chi connectivity index (χ4v) is 2.42. The van der Waals surface area contributed by atoms with Crippen molar-refractivity contribution in [3.8, 4) is 0 Å². The molecule has 1 aliphatic rings. The number of hydrogen-bond acceptors (Lipinski definition) is 3. The summed E-state index contributed by atoms with van der Waals surface area (Å²) in [6, 6.07) is 17.3. The second-order valence-corrected chi connectivity index (χ2v) is 4.87. The van der Waals surface area contributed by atoms with E-state index in [2.05, 4.69) is 0 Å². The van der Waals surface area contributed by atoms with E-state index < -0.39 is 11.6 Å². The molecule has 0 amide bonds. The van der Waals surface area contributed by atoms with Crippen molar-refractivity contribution in [2.75, 3.05) is 0 Å². The van der Waals surface area contributed by atoms with Crippen molar-refractivity contribution in [2.45, 2.75) is 0 Å². The van der Waals surface area contributed by atoms with Crippen LogP contribution in [0.2, 0.25) is 0 Å². The Hall–Kier alpha value is -3.07. The minimum Gasteiger partial charge on any atom is -0.289 e. The largest absolute Gasteiger partial charge is 0.289 e. The molecule has 0 aromatic heterocycles. The molecule has 3 rings (SSSR count). The first-order valence-corrected chi connectivity index (χ1v) is 6.84. The van der Waals surface area contributed by atoms with E-state index in [0.717, 1.165) is 6.08 Å². The van der Waals surface area contributed by atoms with Crippen molar-refractivity contribution in [1.82, 2.24) is 0 Å². The minimum absolute atomic E-state index is 0.0649. The van der Waals surface area contributed by atoms with Gasteiger partial charge in [0.1, 0.15) is 0 Å². The van der Waals surface area contributed by atoms with E-state index in [1.165, 1.54) is 6.08 Å². The predicted octanol–water partition coefficient (Wildman–Crippen LogP) is 3.03. The molecule has 0 atom stereocenters. The summed E-state index contributed by atoms with van der Waals surface area (Å²) in [7, 11) is 0. The van der Waals surface area contributed by atoms with Crippen molar-refractivity contribution in [3.63, 3.8) is 0 Å². The van der Waals surface area contributed by atoms with E-state index >= 15 is 0 Å². The highest BCUT2D eigenvalue weighted by Gasteiger charge is 2.29. The van der Waals surface area contributed by atoms with Gasteiger partial charge in [0, 0.05) is 11.1 Å². The maximum Gasteiger partial charge on any atom is 0.197 e. The number of allylic oxidation sites excluding steroid dienone is 4. The van der Waals surface area contributed by atoms with Crippen LogP contribution in [-0.4, -0.2) is 17.3 Å². The first-order valence-electron chi connectivity index (χ1n) is 6.84. The molecule has 0 N–H and O–H groups in total. The van der Waals surface area contributed by atoms with Gasteiger partial charge in [-0.1, -0.05) is 60.7 Å². The monoisotopic (exact) mass is 288 g/mol. The Labute approximate surface area is 127 Å². The van der Waals surface area contributed by atoms with Crippen molar-refractivity contribution in [1.29, 1.82) is 0 Å². The topological polar surface area (TPSA) is 51.2 Å². The maximum absolute atomic E-state index is 12.7. The Morgan fingerprint density at radius 1 is 0.682 bits per heavy atom. The fourth-order valence-electron chi connectivity index (χ4n) is 2.42. The molecule has 2 aromatic rings. The van der Waals surface area contributed by atoms with Crippen LogP contribution < -0.4 is 0 Å². The van der Waals surface area contributed by atoms with Crippen LogP contribution in [-0.2, 0) is 9.59 Å². The van der Waals surface area contributed by atoms with Gasteiger partial charge in [-0.25, -0.2) is 0 Å². The molecule has 0 bridgehead atoms. The van der Waals surface area contributed by atoms with Crippen LogP contribution in [0, 0.1) is 0 Å². The third kappa shape index (κ3) is 2.44. The molecule has 22 heavy (non-hydrogen) atoms. The zero-order valence-electron chi connectivity index (χ0n) is 11.7. The molecule has 3 nitrogen and oxygen atoms in total. The van der Waals surface area contributed by atoms with Crippen LogP contribution in [0.3, 0.4) is 0 Å². The Kier molecular flexibility index (Phi) is 3.62. The summed E-state index contributed by atoms with van der Waals surface area (Å²) in [5.41, 5.74) is 1.07. The molecule has 1 aliphatic carbocycles. The Morgan fingerprint density at radius 2 is 1.23 bits per heavy atom. The second kappa shape index (κ2) is 5.74. The van der Waals surface area contributed by atoms with Gasteiger partial charge in [-0.2, -0.15) is 0 Å². The average Bonchev–Trinajstić information content (AvgIpc) is 2.57. The van der Waals surface area contributed by atoms with Gasteiger partial charge in [0.2, 0.25) is 0 Å². The first kappa shape index (κ1) is 13.9. The van der Waals surface area contributed by atoms with E-state index in [9.17, 15) is 14.4 Å². The number of ketones is 3. The molecule has 0 aliphatic heterocycles. The predicted molar refractivity (Wildman–Crippen MR) is 83.3 cm³/mol. The number of hydrogen-bond donors (Lipinski definition) is 0. The summed E-state index contributed by atoms with van der Waals surface area (Å²) in [5.74, 6) is -1.19. The highest BCUT2D eigenvalue weighted by molar-refractivity contribution is 6.45. The van der Waals surface area contributed by atoms with E-state index in [1.807, 2.05) is 6.07 Å². The molecule has 2 aromatic carbocycles. The Balaban J connectivity index is 2.20. The summed E-state index contributed by atoms with van der Waals surface area (Å²) < 4.78 is 0. The van der Waals surface area contributed by atoms with Gasteiger partial charge in [0.25, 0.3) is 0 Å². The molecular formula is C19H12O3. The maximum atomic E-state index is 12.7. The van der Waals surface area contributed by atoms with Crippen LogP contribution in [0.25, 0.3) is 5.57 Å². The third-order valence-electron chi connectivity index (χ3n) is 3.45. The number of rotatable bonds is 3. The second-order valence-electron chi connectivity index (χ2n) is 4.87. The van der Waals surface area contributed by atoms with Crippen molar-refractivity contribution >= 4 is 22.9 Å². The smallest absolute Gasteiger partial charge is 0.197 e. The van der Waals surface area contributed by atoms with Crippen molar-refractivity contribution < 1.29 is 14.4 Å². The van der Waals surface area contributed by atoms with Gasteiger partial charge in [0.05, 0.1) is 5.57 Å². The van der Waals surface area contributed by atoms with E-state index in [-0.39, 0.29) is 16.9 Å². The molecule has 0 heterocycles. The highest BCUT2D eigenvalue weighted by Crippen LogP contribution is 2.27. The van der Waals surface area contributed by atoms with Crippen molar-refractivity contribution in [2.24, 2.45) is 0 Å². The van der Waals surface area contributed by atoms with Crippen molar-refractivity contribution in [3.05, 3.63) is 89.5 Å². The summed E-state index contributed by atoms with van der Waals surface area (Å²) in [6.07, 6.45) is 2.37. The lowest BCUT2D eigenvalue weighted by Crippen LogP contribution is -2.20. The van der Waals surface area contributed by atoms with Gasteiger partial charge in [-0.3, -0.25) is 14.4 Å². The molecular weight excluding hydrogens is 276 g/mol. The van der Waals surface area contributed by atoms with Crippen LogP contribution in [0.1, 0.15) is 15.9 Å². The number of carbonyl (C=O) groups is 3. The van der Waals surface area contributed by atoms with Gasteiger partial charge in [0.15, 0.2) is 17.3 Å². The summed E-state index contributed by atoms with van der Waals surface area (Å²) in [6.45, 7) is 0. The normalized spacial score (nSPS) is 14.4. The summed E-state index contributed by atoms with van der Waals surface area (Å²) >= 11 is 0. The van der Waals surface area contributed by atoms with Crippen LogP contribution >= 0.6 is 0 Å². The summed E-state index contributed by atoms with van der Waals surface area (Å²) in [4.78, 5) is 37.1. The first-order chi connectivity index (χ1) is 10.7. The van der Waals surface area contributed by atoms with Gasteiger partial charge < -0.3 is 0 Å². The van der Waals surface area contributed by atoms with Crippen LogP contribution in [0.4, 0.5) is 0 Å². The Bertz CT molecular complexity index is 812. The zero-order chi connectivity index (χ0) is 15.5. The van der Waals surface area contributed by atoms with E-state index in [0.29, 0.717) is 11.1 Å². The lowest BCUT2D eigenvalue weighted by molar-refractivity contribution is -0.113. The van der Waals surface area contributed by atoms with Gasteiger partial charge in [-0.05, 0) is 17.7 Å². The molecule has 0 spiro atoms. The third-order valence-corrected chi connectivity index (χ3v) is 3.45. The number of Topliss-reactive ketones (excluding diaryl/α,β-unsaturated/α-hetero) is 1. The van der Waals surface area contributed by atoms with Crippen LogP contribution in [0.15, 0.2) is 78.4 Å². The van der Waals surface area contributed by atoms with E-state index in [1.54, 1.807) is 54.6 Å². The molecule has 0 unspecified atom stereocenters. The van der Waals surface area contributed by atoms with Crippen LogP contribution in [0.5, 0.6) is 0 Å². The number of carbonyl (C=O) groups excluding carboxylic acids is 3. The zero-order valence-corrected chi connectivity index (χ0v) is 11.7. The lowest BCUT2D eigenvalue weighted by Gasteiger charge is -2.14. The fraction of sp³-hybridized carbons (Fsp3) is 0. The van der Waals surface area contributed by atoms with Gasteiger partial charge >= 0.3 is 0 Å². The highest BCUT2D eigenvalue weighted by atomic mass is 16.2. The molecule has 0 radical (unpaired) electrons. The molecule has 0 saturated heterocycles.